The molecule has 4 aliphatic heterocycles. The number of hydrogen-bond donors (Lipinski definition) is 2. The maximum Gasteiger partial charge on any atom is 0.255 e. The van der Waals surface area contributed by atoms with E-state index in [9.17, 15) is 14.4 Å². The first-order valence-electron chi connectivity index (χ1n) is 10.9. The second-order valence-corrected chi connectivity index (χ2v) is 8.87. The lowest BCUT2D eigenvalue weighted by atomic mass is 9.91. The molecule has 2 N–H and O–H groups in total. The summed E-state index contributed by atoms with van der Waals surface area (Å²) in [5.74, 6) is -0.746. The topological polar surface area (TPSA) is 91.0 Å². The minimum atomic E-state index is -0.574. The van der Waals surface area contributed by atoms with Crippen LogP contribution in [0.25, 0.3) is 0 Å². The van der Waals surface area contributed by atoms with Gasteiger partial charge in [0.1, 0.15) is 6.04 Å². The minimum Gasteiger partial charge on any atom is -0.371 e. The molecule has 5 rings (SSSR count). The van der Waals surface area contributed by atoms with Crippen molar-refractivity contribution in [1.29, 1.82) is 0 Å². The van der Waals surface area contributed by atoms with Gasteiger partial charge in [-0.05, 0) is 43.0 Å². The highest BCUT2D eigenvalue weighted by Crippen LogP contribution is 2.32. The van der Waals surface area contributed by atoms with E-state index < -0.39 is 6.04 Å². The number of nitrogens with one attached hydrogen (secondary N) is 2. The van der Waals surface area contributed by atoms with Crippen molar-refractivity contribution < 1.29 is 19.1 Å². The molecule has 3 fully saturated rings. The second-order valence-electron chi connectivity index (χ2n) is 8.87. The van der Waals surface area contributed by atoms with Gasteiger partial charge in [0, 0.05) is 44.7 Å². The zero-order chi connectivity index (χ0) is 20.7. The van der Waals surface area contributed by atoms with E-state index in [1.165, 1.54) is 0 Å². The van der Waals surface area contributed by atoms with Gasteiger partial charge in [-0.1, -0.05) is 12.1 Å². The second kappa shape index (κ2) is 7.76. The number of nitrogens with zero attached hydrogens (tertiary/aromatic N) is 2. The van der Waals surface area contributed by atoms with Gasteiger partial charge < -0.3 is 15.0 Å². The highest BCUT2D eigenvalue weighted by molar-refractivity contribution is 6.05. The highest BCUT2D eigenvalue weighted by Gasteiger charge is 2.41. The normalized spacial score (nSPS) is 29.9. The van der Waals surface area contributed by atoms with E-state index in [0.717, 1.165) is 63.3 Å². The van der Waals surface area contributed by atoms with Gasteiger partial charge in [0.25, 0.3) is 5.91 Å². The van der Waals surface area contributed by atoms with Crippen LogP contribution in [-0.4, -0.2) is 72.0 Å². The number of benzene rings is 1. The van der Waals surface area contributed by atoms with Crippen LogP contribution in [0.15, 0.2) is 18.2 Å². The van der Waals surface area contributed by atoms with Crippen LogP contribution in [0.5, 0.6) is 0 Å². The number of rotatable bonds is 3. The smallest absolute Gasteiger partial charge is 0.255 e. The molecule has 1 aromatic rings. The first-order chi connectivity index (χ1) is 14.5. The lowest BCUT2D eigenvalue weighted by Gasteiger charge is -2.45. The molecule has 30 heavy (non-hydrogen) atoms. The summed E-state index contributed by atoms with van der Waals surface area (Å²) in [5.41, 5.74) is 2.72. The number of imide groups is 1. The third kappa shape index (κ3) is 3.53. The summed E-state index contributed by atoms with van der Waals surface area (Å²) in [6.45, 7) is 5.61. The fourth-order valence-electron chi connectivity index (χ4n) is 5.30. The van der Waals surface area contributed by atoms with Crippen LogP contribution in [0.4, 0.5) is 0 Å². The van der Waals surface area contributed by atoms with Gasteiger partial charge in [-0.2, -0.15) is 0 Å². The van der Waals surface area contributed by atoms with Crippen molar-refractivity contribution in [3.05, 3.63) is 34.9 Å². The number of carbonyl (C=O) groups is 3. The third-order valence-electron chi connectivity index (χ3n) is 6.83. The van der Waals surface area contributed by atoms with E-state index in [4.69, 9.17) is 4.74 Å². The van der Waals surface area contributed by atoms with Crippen LogP contribution in [-0.2, 0) is 27.4 Å². The summed E-state index contributed by atoms with van der Waals surface area (Å²) in [7, 11) is 0. The largest absolute Gasteiger partial charge is 0.371 e. The van der Waals surface area contributed by atoms with Crippen molar-refractivity contribution in [2.24, 2.45) is 0 Å². The number of morpholine rings is 1. The fraction of sp³-hybridized carbons (Fsp3) is 0.591. The van der Waals surface area contributed by atoms with Crippen LogP contribution in [0.2, 0.25) is 0 Å². The first-order valence-corrected chi connectivity index (χ1v) is 10.9. The lowest BCUT2D eigenvalue weighted by Crippen LogP contribution is -2.58. The molecular weight excluding hydrogens is 384 g/mol. The predicted molar refractivity (Wildman–Crippen MR) is 109 cm³/mol. The minimum absolute atomic E-state index is 0.108. The molecule has 0 radical (unpaired) electrons. The maximum absolute atomic E-state index is 13.0. The van der Waals surface area contributed by atoms with Crippen molar-refractivity contribution in [2.45, 2.75) is 50.4 Å². The van der Waals surface area contributed by atoms with E-state index in [-0.39, 0.29) is 29.7 Å². The Morgan fingerprint density at radius 3 is 2.93 bits per heavy atom. The molecule has 0 saturated carbocycles. The molecule has 0 aromatic heterocycles. The van der Waals surface area contributed by atoms with Gasteiger partial charge in [-0.3, -0.25) is 24.6 Å². The van der Waals surface area contributed by atoms with Crippen LogP contribution >= 0.6 is 0 Å². The third-order valence-corrected chi connectivity index (χ3v) is 6.83. The van der Waals surface area contributed by atoms with Gasteiger partial charge in [-0.25, -0.2) is 0 Å². The zero-order valence-electron chi connectivity index (χ0n) is 17.1. The molecule has 2 unspecified atom stereocenters. The van der Waals surface area contributed by atoms with E-state index in [0.29, 0.717) is 18.5 Å². The number of ether oxygens (including phenoxy) is 1. The molecule has 1 aromatic carbocycles. The molecule has 8 heteroatoms. The summed E-state index contributed by atoms with van der Waals surface area (Å²) < 4.78 is 6.16. The Bertz CT molecular complexity index is 874. The van der Waals surface area contributed by atoms with Gasteiger partial charge in [-0.15, -0.1) is 0 Å². The van der Waals surface area contributed by atoms with Crippen LogP contribution < -0.4 is 10.6 Å². The quantitative estimate of drug-likeness (QED) is 0.699. The molecule has 1 spiro atoms. The van der Waals surface area contributed by atoms with Gasteiger partial charge in [0.05, 0.1) is 12.2 Å². The first kappa shape index (κ1) is 19.7. The summed E-state index contributed by atoms with van der Waals surface area (Å²) in [4.78, 5) is 40.9. The summed E-state index contributed by atoms with van der Waals surface area (Å²) in [5, 5.41) is 5.83. The monoisotopic (exact) mass is 412 g/mol. The molecule has 8 nitrogen and oxygen atoms in total. The average Bonchev–Trinajstić information content (AvgIpc) is 3.06. The van der Waals surface area contributed by atoms with Crippen molar-refractivity contribution in [3.8, 4) is 0 Å². The van der Waals surface area contributed by atoms with Gasteiger partial charge >= 0.3 is 0 Å². The fourth-order valence-corrected chi connectivity index (χ4v) is 5.30. The van der Waals surface area contributed by atoms with Gasteiger partial charge in [0.2, 0.25) is 11.8 Å². The highest BCUT2D eigenvalue weighted by atomic mass is 16.5. The summed E-state index contributed by atoms with van der Waals surface area (Å²) in [6.07, 6.45) is 2.86. The lowest BCUT2D eigenvalue weighted by molar-refractivity contribution is -0.136. The Morgan fingerprint density at radius 1 is 1.23 bits per heavy atom. The van der Waals surface area contributed by atoms with Crippen molar-refractivity contribution in [2.75, 3.05) is 32.8 Å². The Labute approximate surface area is 175 Å². The predicted octanol–water partition coefficient (Wildman–Crippen LogP) is 0.402. The molecule has 4 aliphatic rings. The SMILES string of the molecule is O=C1CCC(N2Cc3c(CN4CCOC5(CCCNC5)C4)cccc3C2=O)C(=O)N1. The molecule has 3 saturated heterocycles. The number of carbonyl (C=O) groups excluding carboxylic acids is 3. The van der Waals surface area contributed by atoms with E-state index in [2.05, 4.69) is 21.6 Å². The Kier molecular flexibility index (Phi) is 5.08. The average molecular weight is 412 g/mol. The van der Waals surface area contributed by atoms with Gasteiger partial charge in [0.15, 0.2) is 0 Å². The molecule has 4 heterocycles. The standard InChI is InChI=1S/C22H28N4O4/c27-19-6-5-18(20(28)24-19)26-12-17-15(3-1-4-16(17)21(26)29)11-25-9-10-30-22(14-25)7-2-8-23-13-22/h1,3-4,18,23H,2,5-14H2,(H,24,27,28). The van der Waals surface area contributed by atoms with Crippen molar-refractivity contribution in [3.63, 3.8) is 0 Å². The summed E-state index contributed by atoms with van der Waals surface area (Å²) in [6, 6.07) is 5.29. The van der Waals surface area contributed by atoms with E-state index in [1.54, 1.807) is 4.90 Å². The molecule has 0 bridgehead atoms. The molecule has 2 atom stereocenters. The van der Waals surface area contributed by atoms with Crippen LogP contribution in [0.3, 0.4) is 0 Å². The van der Waals surface area contributed by atoms with Crippen molar-refractivity contribution >= 4 is 17.7 Å². The van der Waals surface area contributed by atoms with E-state index >= 15 is 0 Å². The zero-order valence-corrected chi connectivity index (χ0v) is 17.1. The number of hydrogen-bond acceptors (Lipinski definition) is 6. The molecular formula is C22H28N4O4. The van der Waals surface area contributed by atoms with E-state index in [1.807, 2.05) is 12.1 Å². The van der Waals surface area contributed by atoms with Crippen LogP contribution in [0, 0.1) is 0 Å². The molecule has 160 valence electrons. The maximum atomic E-state index is 13.0. The molecule has 3 amide bonds. The number of piperidine rings is 2. The Hall–Kier alpha value is -2.29. The number of amides is 3. The Morgan fingerprint density at radius 2 is 2.13 bits per heavy atom. The summed E-state index contributed by atoms with van der Waals surface area (Å²) >= 11 is 0. The van der Waals surface area contributed by atoms with Crippen molar-refractivity contribution in [1.82, 2.24) is 20.4 Å². The van der Waals surface area contributed by atoms with Crippen LogP contribution in [0.1, 0.15) is 47.2 Å². The Balaban J connectivity index is 1.33. The number of fused-ring (bicyclic) bond motifs is 1. The molecule has 0 aliphatic carbocycles.